The molecule has 0 spiro atoms. The number of nitrogens with one attached hydrogen (secondary N) is 6. The Balaban J connectivity index is 0.800. The lowest BCUT2D eigenvalue weighted by Crippen LogP contribution is -2.52. The molecule has 7 N–H and O–H groups in total. The number of amides is 8. The molecular formula is C54H61FN8O13. The molecule has 0 saturated carbocycles. The summed E-state index contributed by atoms with van der Waals surface area (Å²) in [6, 6.07) is 11.9. The Kier molecular flexibility index (Phi) is 16.7. The monoisotopic (exact) mass is 1050 g/mol. The second kappa shape index (κ2) is 23.4. The van der Waals surface area contributed by atoms with Crippen molar-refractivity contribution in [3.05, 3.63) is 104 Å². The van der Waals surface area contributed by atoms with Gasteiger partial charge in [0.25, 0.3) is 5.56 Å². The Morgan fingerprint density at radius 3 is 2.33 bits per heavy atom. The summed E-state index contributed by atoms with van der Waals surface area (Å²) in [4.78, 5) is 129. The fourth-order valence-corrected chi connectivity index (χ4v) is 10.4. The molecule has 21 nitrogen and oxygen atoms in total. The lowest BCUT2D eigenvalue weighted by Gasteiger charge is -2.31. The summed E-state index contributed by atoms with van der Waals surface area (Å²) in [6.45, 7) is 2.83. The van der Waals surface area contributed by atoms with Gasteiger partial charge in [-0.25, -0.2) is 9.18 Å². The third kappa shape index (κ3) is 11.7. The highest BCUT2D eigenvalue weighted by Gasteiger charge is 2.46. The van der Waals surface area contributed by atoms with Crippen LogP contribution in [-0.2, 0) is 84.2 Å². The van der Waals surface area contributed by atoms with Crippen molar-refractivity contribution in [1.29, 1.82) is 0 Å². The van der Waals surface area contributed by atoms with Crippen LogP contribution >= 0.6 is 0 Å². The van der Waals surface area contributed by atoms with Crippen LogP contribution in [-0.4, -0.2) is 113 Å². The van der Waals surface area contributed by atoms with Crippen molar-refractivity contribution in [2.45, 2.75) is 109 Å². The van der Waals surface area contributed by atoms with Gasteiger partial charge in [-0.05, 0) is 95.8 Å². The zero-order chi connectivity index (χ0) is 54.4. The molecule has 1 fully saturated rings. The van der Waals surface area contributed by atoms with Gasteiger partial charge >= 0.3 is 5.97 Å². The van der Waals surface area contributed by atoms with E-state index in [0.717, 1.165) is 16.5 Å². The highest BCUT2D eigenvalue weighted by molar-refractivity contribution is 6.03. The largest absolute Gasteiger partial charge is 0.458 e. The molecule has 4 heterocycles. The SMILES string of the molecule is CC[C@@]1(O)C(=O)OCc2c1cc1n(c2=O)Cc2c-1cc1cc(F)c(C)c3c1c2[C@@H](NC(=O)COCNC(=O)CNC(=O)[C@H](Cc1ccccc1)NC(=O)CNC(=O)CNC(=O)CCCCCN1C(=O)CC(C)C1=O)CC3. The van der Waals surface area contributed by atoms with Gasteiger partial charge in [-0.3, -0.25) is 48.1 Å². The van der Waals surface area contributed by atoms with Gasteiger partial charge in [0.2, 0.25) is 47.3 Å². The predicted octanol–water partition coefficient (Wildman–Crippen LogP) is 1.36. The quantitative estimate of drug-likeness (QED) is 0.0223. The minimum absolute atomic E-state index is 0.0294. The Morgan fingerprint density at radius 1 is 0.868 bits per heavy atom. The fourth-order valence-electron chi connectivity index (χ4n) is 10.4. The Hall–Kier alpha value is -7.85. The number of likely N-dealkylation sites (tertiary alicyclic amines) is 1. The lowest BCUT2D eigenvalue weighted by molar-refractivity contribution is -0.172. The van der Waals surface area contributed by atoms with Crippen molar-refractivity contribution in [3.63, 3.8) is 0 Å². The summed E-state index contributed by atoms with van der Waals surface area (Å²) in [7, 11) is 0. The number of fused-ring (bicyclic) bond motifs is 5. The van der Waals surface area contributed by atoms with Crippen LogP contribution in [0.25, 0.3) is 22.0 Å². The first-order chi connectivity index (χ1) is 36.4. The molecule has 0 bridgehead atoms. The van der Waals surface area contributed by atoms with E-state index < -0.39 is 97.5 Å². The molecule has 4 aliphatic rings. The van der Waals surface area contributed by atoms with Crippen molar-refractivity contribution in [3.8, 4) is 11.3 Å². The van der Waals surface area contributed by atoms with Crippen LogP contribution in [0, 0.1) is 18.7 Å². The predicted molar refractivity (Wildman–Crippen MR) is 270 cm³/mol. The maximum absolute atomic E-state index is 15.4. The molecule has 8 rings (SSSR count). The second-order valence-corrected chi connectivity index (χ2v) is 19.6. The number of aromatic nitrogens is 1. The molecule has 0 radical (unpaired) electrons. The van der Waals surface area contributed by atoms with Gasteiger partial charge in [-0.2, -0.15) is 0 Å². The van der Waals surface area contributed by atoms with E-state index in [2.05, 4.69) is 31.9 Å². The number of rotatable bonds is 22. The normalized spacial score (nSPS) is 18.5. The Labute approximate surface area is 436 Å². The van der Waals surface area contributed by atoms with Crippen LogP contribution in [0.3, 0.4) is 0 Å². The molecule has 1 aliphatic carbocycles. The van der Waals surface area contributed by atoms with Gasteiger partial charge in [0.15, 0.2) is 5.60 Å². The fraction of sp³-hybridized carbons (Fsp3) is 0.444. The van der Waals surface area contributed by atoms with Crippen LogP contribution < -0.4 is 37.5 Å². The minimum atomic E-state index is -2.02. The zero-order valence-corrected chi connectivity index (χ0v) is 42.5. The van der Waals surface area contributed by atoms with Gasteiger partial charge in [0.1, 0.15) is 31.8 Å². The third-order valence-electron chi connectivity index (χ3n) is 14.5. The summed E-state index contributed by atoms with van der Waals surface area (Å²) in [5.41, 5.74) is 2.31. The molecule has 1 aromatic heterocycles. The number of benzene rings is 3. The lowest BCUT2D eigenvalue weighted by atomic mass is 9.79. The number of hydrogen-bond donors (Lipinski definition) is 7. The zero-order valence-electron chi connectivity index (χ0n) is 42.5. The van der Waals surface area contributed by atoms with Crippen molar-refractivity contribution in [1.82, 2.24) is 41.4 Å². The molecule has 8 amide bonds. The number of carbonyl (C=O) groups is 9. The molecule has 22 heteroatoms. The molecule has 1 saturated heterocycles. The number of pyridine rings is 1. The number of aliphatic hydroxyl groups is 1. The van der Waals surface area contributed by atoms with Gasteiger partial charge in [-0.1, -0.05) is 50.6 Å². The first-order valence-corrected chi connectivity index (χ1v) is 25.4. The number of aryl methyl sites for hydroxylation is 1. The van der Waals surface area contributed by atoms with E-state index in [1.807, 2.05) is 0 Å². The molecule has 76 heavy (non-hydrogen) atoms. The van der Waals surface area contributed by atoms with Crippen molar-refractivity contribution >= 4 is 64.0 Å². The molecule has 3 aromatic carbocycles. The highest BCUT2D eigenvalue weighted by atomic mass is 19.1. The van der Waals surface area contributed by atoms with Gasteiger partial charge in [0.05, 0.1) is 43.5 Å². The van der Waals surface area contributed by atoms with E-state index in [1.165, 1.54) is 15.5 Å². The van der Waals surface area contributed by atoms with Crippen molar-refractivity contribution < 1.29 is 62.1 Å². The van der Waals surface area contributed by atoms with Crippen LogP contribution in [0.1, 0.15) is 104 Å². The first-order valence-electron chi connectivity index (χ1n) is 25.4. The van der Waals surface area contributed by atoms with E-state index in [4.69, 9.17) is 9.47 Å². The number of halogens is 1. The second-order valence-electron chi connectivity index (χ2n) is 19.6. The standard InChI is InChI=1S/C54H61FN8O13/c1-4-54(74)37-21-41-34-19-32-20-38(55)30(3)33-14-15-39(49(48(32)33)35(34)25-63(41)52(72)36(37)26-76-53(54)73)60-46(68)27-75-28-59-44(66)23-58-50(70)40(18-31-11-7-5-8-12-31)61-45(67)24-57-43(65)22-56-42(64)13-9-6-10-16-62-47(69)17-29(2)51(62)71/h5,7-8,11-12,19-21,29,39-40,74H,4,6,9-10,13-18,22-28H2,1-3H3,(H,56,64)(H,57,65)(H,58,70)(H,59,66)(H,60,68)(H,61,67)/t29?,39-,40-,54-/m0/s1. The maximum Gasteiger partial charge on any atom is 0.343 e. The number of nitrogens with zero attached hydrogens (tertiary/aromatic N) is 2. The molecule has 4 aromatic rings. The van der Waals surface area contributed by atoms with Gasteiger partial charge in [0, 0.05) is 42.9 Å². The van der Waals surface area contributed by atoms with E-state index in [9.17, 15) is 53.1 Å². The van der Waals surface area contributed by atoms with Crippen LogP contribution in [0.4, 0.5) is 4.39 Å². The van der Waals surface area contributed by atoms with E-state index in [0.29, 0.717) is 72.0 Å². The Bertz CT molecular complexity index is 3090. The van der Waals surface area contributed by atoms with Gasteiger partial charge in [-0.15, -0.1) is 0 Å². The average molecular weight is 1050 g/mol. The molecular weight excluding hydrogens is 988 g/mol. The van der Waals surface area contributed by atoms with Crippen LogP contribution in [0.15, 0.2) is 53.3 Å². The molecule has 4 atom stereocenters. The smallest absolute Gasteiger partial charge is 0.343 e. The number of unbranched alkanes of at least 4 members (excludes halogenated alkanes) is 2. The van der Waals surface area contributed by atoms with Crippen molar-refractivity contribution in [2.75, 3.05) is 39.5 Å². The number of imide groups is 1. The Morgan fingerprint density at radius 2 is 1.59 bits per heavy atom. The summed E-state index contributed by atoms with van der Waals surface area (Å²) < 4.78 is 27.7. The topological polar surface area (TPSA) is 290 Å². The summed E-state index contributed by atoms with van der Waals surface area (Å²) >= 11 is 0. The van der Waals surface area contributed by atoms with Gasteiger partial charge < -0.3 is 51.0 Å². The number of carbonyl (C=O) groups excluding carboxylic acids is 9. The third-order valence-corrected chi connectivity index (χ3v) is 14.5. The summed E-state index contributed by atoms with van der Waals surface area (Å²) in [5.74, 6) is -5.59. The number of hydrogen-bond acceptors (Lipinski definition) is 13. The first kappa shape index (κ1) is 54.4. The minimum Gasteiger partial charge on any atom is -0.458 e. The van der Waals surface area contributed by atoms with E-state index in [1.54, 1.807) is 63.2 Å². The maximum atomic E-state index is 15.4. The molecule has 1 unspecified atom stereocenters. The average Bonchev–Trinajstić information content (AvgIpc) is 3.97. The molecule has 3 aliphatic heterocycles. The summed E-state index contributed by atoms with van der Waals surface area (Å²) in [6.07, 6.45) is 2.80. The van der Waals surface area contributed by atoms with Crippen LogP contribution in [0.2, 0.25) is 0 Å². The summed E-state index contributed by atoms with van der Waals surface area (Å²) in [5, 5.41) is 28.1. The van der Waals surface area contributed by atoms with Crippen LogP contribution in [0.5, 0.6) is 0 Å². The van der Waals surface area contributed by atoms with E-state index in [-0.39, 0.29) is 73.6 Å². The number of cyclic esters (lactones) is 1. The van der Waals surface area contributed by atoms with E-state index >= 15 is 4.39 Å². The number of esters is 1. The highest BCUT2D eigenvalue weighted by Crippen LogP contribution is 2.47. The molecule has 402 valence electrons. The number of ether oxygens (including phenoxy) is 2. The van der Waals surface area contributed by atoms with Crippen molar-refractivity contribution in [2.24, 2.45) is 5.92 Å².